The summed E-state index contributed by atoms with van der Waals surface area (Å²) in [7, 11) is 0. The maximum Gasteiger partial charge on any atom is 0.0783 e. The summed E-state index contributed by atoms with van der Waals surface area (Å²) < 4.78 is 6.17. The molecule has 0 aromatic carbocycles. The third-order valence-corrected chi connectivity index (χ3v) is 6.86. The van der Waals surface area contributed by atoms with Gasteiger partial charge in [-0.3, -0.25) is 0 Å². The first kappa shape index (κ1) is 14.2. The maximum absolute atomic E-state index is 6.90. The van der Waals surface area contributed by atoms with E-state index < -0.39 is 0 Å². The number of hydrogen-bond donors (Lipinski definition) is 1. The van der Waals surface area contributed by atoms with Gasteiger partial charge in [0.05, 0.1) is 5.60 Å². The van der Waals surface area contributed by atoms with E-state index in [9.17, 15) is 0 Å². The van der Waals surface area contributed by atoms with Crippen LogP contribution < -0.4 is 5.73 Å². The Bertz CT molecular complexity index is 317. The second kappa shape index (κ2) is 5.23. The molecule has 3 heteroatoms. The van der Waals surface area contributed by atoms with Crippen molar-refractivity contribution in [3.63, 3.8) is 0 Å². The molecule has 0 amide bonds. The van der Waals surface area contributed by atoms with E-state index in [2.05, 4.69) is 25.6 Å². The Hall–Kier alpha value is 0.270. The van der Waals surface area contributed by atoms with Crippen LogP contribution in [0.4, 0.5) is 0 Å². The smallest absolute Gasteiger partial charge is 0.0783 e. The highest BCUT2D eigenvalue weighted by atomic mass is 32.2. The Kier molecular flexibility index (Phi) is 3.92. The number of nitrogens with two attached hydrogens (primary N) is 1. The molecular formula is C16H29NOS. The van der Waals surface area contributed by atoms with Crippen LogP contribution in [-0.2, 0) is 4.74 Å². The van der Waals surface area contributed by atoms with Crippen LogP contribution in [0.1, 0.15) is 52.4 Å². The minimum atomic E-state index is 0.0844. The van der Waals surface area contributed by atoms with Crippen LogP contribution in [0.3, 0.4) is 0 Å². The van der Waals surface area contributed by atoms with Gasteiger partial charge in [0, 0.05) is 17.9 Å². The summed E-state index contributed by atoms with van der Waals surface area (Å²) in [6, 6.07) is 0. The maximum atomic E-state index is 6.90. The molecule has 0 aromatic rings. The van der Waals surface area contributed by atoms with Crippen LogP contribution in [0.15, 0.2) is 0 Å². The lowest BCUT2D eigenvalue weighted by Crippen LogP contribution is -2.56. The van der Waals surface area contributed by atoms with Gasteiger partial charge >= 0.3 is 0 Å². The van der Waals surface area contributed by atoms with Crippen molar-refractivity contribution in [1.82, 2.24) is 0 Å². The summed E-state index contributed by atoms with van der Waals surface area (Å²) in [6.07, 6.45) is 7.47. The van der Waals surface area contributed by atoms with Crippen molar-refractivity contribution in [2.24, 2.45) is 23.5 Å². The number of thioether (sulfide) groups is 1. The summed E-state index contributed by atoms with van der Waals surface area (Å²) in [5.74, 6) is 4.75. The van der Waals surface area contributed by atoms with Crippen molar-refractivity contribution in [3.8, 4) is 0 Å². The standard InChI is InChI=1S/C16H29NOS/c1-12-7-13(2)9-16(17,8-12)14-3-5-18-15(10-14)4-6-19-11-15/h12-14H,3-11,17H2,1-2H3. The lowest BCUT2D eigenvalue weighted by molar-refractivity contribution is -0.0991. The van der Waals surface area contributed by atoms with E-state index in [0.717, 1.165) is 18.4 Å². The third-order valence-electron chi connectivity index (χ3n) is 5.63. The molecule has 2 aliphatic heterocycles. The van der Waals surface area contributed by atoms with Crippen molar-refractivity contribution in [3.05, 3.63) is 0 Å². The highest BCUT2D eigenvalue weighted by Crippen LogP contribution is 2.48. The second-order valence-electron chi connectivity index (χ2n) is 7.61. The molecule has 0 radical (unpaired) electrons. The number of hydrogen-bond acceptors (Lipinski definition) is 3. The van der Waals surface area contributed by atoms with Crippen molar-refractivity contribution in [1.29, 1.82) is 0 Å². The van der Waals surface area contributed by atoms with Gasteiger partial charge in [0.15, 0.2) is 0 Å². The van der Waals surface area contributed by atoms with Crippen LogP contribution in [0.2, 0.25) is 0 Å². The second-order valence-corrected chi connectivity index (χ2v) is 8.72. The SMILES string of the molecule is CC1CC(C)CC(N)(C2CCOC3(CCSC3)C2)C1. The molecule has 4 unspecified atom stereocenters. The van der Waals surface area contributed by atoms with Crippen LogP contribution in [0, 0.1) is 17.8 Å². The first-order valence-corrected chi connectivity index (χ1v) is 9.17. The molecule has 4 atom stereocenters. The molecule has 19 heavy (non-hydrogen) atoms. The molecule has 1 aliphatic carbocycles. The van der Waals surface area contributed by atoms with E-state index in [0.29, 0.717) is 5.92 Å². The van der Waals surface area contributed by atoms with Crippen LogP contribution in [0.5, 0.6) is 0 Å². The molecule has 1 spiro atoms. The van der Waals surface area contributed by atoms with Crippen LogP contribution in [-0.4, -0.2) is 29.3 Å². The van der Waals surface area contributed by atoms with Gasteiger partial charge in [-0.15, -0.1) is 0 Å². The average Bonchev–Trinajstić information content (AvgIpc) is 2.75. The van der Waals surface area contributed by atoms with Gasteiger partial charge in [-0.2, -0.15) is 11.8 Å². The van der Waals surface area contributed by atoms with Crippen molar-refractivity contribution in [2.75, 3.05) is 18.1 Å². The molecule has 3 rings (SSSR count). The van der Waals surface area contributed by atoms with Gasteiger partial charge in [-0.05, 0) is 62.0 Å². The minimum Gasteiger partial charge on any atom is -0.374 e. The fourth-order valence-electron chi connectivity index (χ4n) is 4.95. The Balaban J connectivity index is 1.73. The first-order chi connectivity index (χ1) is 9.01. The molecule has 110 valence electrons. The summed E-state index contributed by atoms with van der Waals surface area (Å²) in [4.78, 5) is 0. The first-order valence-electron chi connectivity index (χ1n) is 8.02. The lowest BCUT2D eigenvalue weighted by Gasteiger charge is -2.50. The van der Waals surface area contributed by atoms with Gasteiger partial charge in [-0.25, -0.2) is 0 Å². The zero-order valence-corrected chi connectivity index (χ0v) is 13.3. The molecule has 1 saturated carbocycles. The van der Waals surface area contributed by atoms with Gasteiger partial charge < -0.3 is 10.5 Å². The Labute approximate surface area is 122 Å². The van der Waals surface area contributed by atoms with Gasteiger partial charge in [0.25, 0.3) is 0 Å². The zero-order chi connectivity index (χ0) is 13.5. The summed E-state index contributed by atoms with van der Waals surface area (Å²) in [5, 5.41) is 0. The normalized spacial score (nSPS) is 51.6. The van der Waals surface area contributed by atoms with Crippen molar-refractivity contribution in [2.45, 2.75) is 63.5 Å². The van der Waals surface area contributed by atoms with E-state index in [1.54, 1.807) is 0 Å². The van der Waals surface area contributed by atoms with E-state index in [1.165, 1.54) is 50.0 Å². The van der Waals surface area contributed by atoms with Crippen LogP contribution in [0.25, 0.3) is 0 Å². The largest absolute Gasteiger partial charge is 0.374 e. The minimum absolute atomic E-state index is 0.0844. The van der Waals surface area contributed by atoms with E-state index in [-0.39, 0.29) is 11.1 Å². The predicted octanol–water partition coefficient (Wildman–Crippen LogP) is 3.44. The molecule has 3 fully saturated rings. The fourth-order valence-corrected chi connectivity index (χ4v) is 6.33. The van der Waals surface area contributed by atoms with Gasteiger partial charge in [-0.1, -0.05) is 13.8 Å². The molecular weight excluding hydrogens is 254 g/mol. The third kappa shape index (κ3) is 2.84. The fraction of sp³-hybridized carbons (Fsp3) is 1.00. The lowest BCUT2D eigenvalue weighted by atomic mass is 9.63. The Morgan fingerprint density at radius 1 is 1.16 bits per heavy atom. The van der Waals surface area contributed by atoms with Gasteiger partial charge in [0.1, 0.15) is 0 Å². The Morgan fingerprint density at radius 2 is 1.89 bits per heavy atom. The molecule has 2 N–H and O–H groups in total. The molecule has 0 bridgehead atoms. The monoisotopic (exact) mass is 283 g/mol. The quantitative estimate of drug-likeness (QED) is 0.800. The predicted molar refractivity (Wildman–Crippen MR) is 82.4 cm³/mol. The van der Waals surface area contributed by atoms with E-state index in [4.69, 9.17) is 10.5 Å². The molecule has 2 nitrogen and oxygen atoms in total. The molecule has 3 aliphatic rings. The van der Waals surface area contributed by atoms with E-state index >= 15 is 0 Å². The topological polar surface area (TPSA) is 35.2 Å². The molecule has 2 heterocycles. The Morgan fingerprint density at radius 3 is 2.53 bits per heavy atom. The van der Waals surface area contributed by atoms with Crippen molar-refractivity contribution < 1.29 is 4.74 Å². The summed E-state index contributed by atoms with van der Waals surface area (Å²) >= 11 is 2.06. The summed E-state index contributed by atoms with van der Waals surface area (Å²) in [5.41, 5.74) is 7.17. The summed E-state index contributed by atoms with van der Waals surface area (Å²) in [6.45, 7) is 5.71. The molecule has 0 aromatic heterocycles. The highest BCUT2D eigenvalue weighted by Gasteiger charge is 2.48. The zero-order valence-electron chi connectivity index (χ0n) is 12.5. The number of ether oxygens (including phenoxy) is 1. The van der Waals surface area contributed by atoms with Crippen LogP contribution >= 0.6 is 11.8 Å². The molecule has 2 saturated heterocycles. The van der Waals surface area contributed by atoms with Crippen molar-refractivity contribution >= 4 is 11.8 Å². The highest BCUT2D eigenvalue weighted by molar-refractivity contribution is 7.99. The number of rotatable bonds is 1. The van der Waals surface area contributed by atoms with Gasteiger partial charge in [0.2, 0.25) is 0 Å². The average molecular weight is 283 g/mol. The van der Waals surface area contributed by atoms with E-state index in [1.807, 2.05) is 0 Å².